The average Bonchev–Trinajstić information content (AvgIpc) is 2.33. The molecule has 0 saturated carbocycles. The van der Waals surface area contributed by atoms with Crippen molar-refractivity contribution in [3.63, 3.8) is 0 Å². The van der Waals surface area contributed by atoms with Gasteiger partial charge in [-0.25, -0.2) is 0 Å². The van der Waals surface area contributed by atoms with Crippen molar-refractivity contribution < 1.29 is 0 Å². The summed E-state index contributed by atoms with van der Waals surface area (Å²) in [4.78, 5) is 4.45. The molecule has 0 radical (unpaired) electrons. The lowest BCUT2D eigenvalue weighted by atomic mass is 10.1. The molecule has 0 fully saturated rings. The normalized spacial score (nSPS) is 20.2. The van der Waals surface area contributed by atoms with Gasteiger partial charge in [0.1, 0.15) is 0 Å². The summed E-state index contributed by atoms with van der Waals surface area (Å²) in [5.41, 5.74) is 2.75. The van der Waals surface area contributed by atoms with Gasteiger partial charge in [-0.3, -0.25) is 4.99 Å². The molecule has 0 amide bonds. The largest absolute Gasteiger partial charge is 0.266 e. The van der Waals surface area contributed by atoms with Crippen molar-refractivity contribution in [2.45, 2.75) is 46.0 Å². The first kappa shape index (κ1) is 10.2. The first-order valence-electron chi connectivity index (χ1n) is 5.22. The second kappa shape index (κ2) is 5.74. The first-order chi connectivity index (χ1) is 6.38. The molecule has 1 rings (SSSR count). The van der Waals surface area contributed by atoms with Gasteiger partial charge in [-0.2, -0.15) is 0 Å². The van der Waals surface area contributed by atoms with Crippen LogP contribution in [0.15, 0.2) is 28.4 Å². The molecule has 1 aliphatic carbocycles. The zero-order valence-corrected chi connectivity index (χ0v) is 8.71. The van der Waals surface area contributed by atoms with Gasteiger partial charge >= 0.3 is 0 Å². The number of hydrogen-bond donors (Lipinski definition) is 0. The fourth-order valence-corrected chi connectivity index (χ4v) is 1.77. The van der Waals surface area contributed by atoms with Crippen LogP contribution in [0.3, 0.4) is 0 Å². The van der Waals surface area contributed by atoms with E-state index in [2.05, 4.69) is 24.1 Å². The van der Waals surface area contributed by atoms with Crippen LogP contribution in [-0.2, 0) is 0 Å². The minimum absolute atomic E-state index is 1.16. The number of nitrogens with zero attached hydrogens (tertiary/aromatic N) is 1. The molecular formula is C12H19N. The van der Waals surface area contributed by atoms with Crippen LogP contribution in [0, 0.1) is 0 Å². The predicted molar refractivity (Wildman–Crippen MR) is 59.1 cm³/mol. The van der Waals surface area contributed by atoms with Gasteiger partial charge in [-0.05, 0) is 45.1 Å². The third-order valence-corrected chi connectivity index (χ3v) is 2.38. The van der Waals surface area contributed by atoms with Crippen LogP contribution in [0.1, 0.15) is 46.0 Å². The Bertz CT molecular complexity index is 210. The molecule has 1 heteroatoms. The number of rotatable bonds is 2. The molecule has 0 aromatic carbocycles. The van der Waals surface area contributed by atoms with Crippen LogP contribution >= 0.6 is 0 Å². The molecule has 0 atom stereocenters. The smallest absolute Gasteiger partial charge is 0.0431 e. The van der Waals surface area contributed by atoms with Gasteiger partial charge in [-0.1, -0.05) is 18.6 Å². The van der Waals surface area contributed by atoms with Gasteiger partial charge < -0.3 is 0 Å². The van der Waals surface area contributed by atoms with E-state index in [4.69, 9.17) is 0 Å². The Morgan fingerprint density at radius 2 is 1.85 bits per heavy atom. The molecule has 0 aliphatic heterocycles. The van der Waals surface area contributed by atoms with Crippen LogP contribution in [0.4, 0.5) is 0 Å². The van der Waals surface area contributed by atoms with E-state index in [1.54, 1.807) is 0 Å². The quantitative estimate of drug-likeness (QED) is 0.568. The molecule has 0 N–H and O–H groups in total. The summed E-state index contributed by atoms with van der Waals surface area (Å²) >= 11 is 0. The maximum atomic E-state index is 4.45. The fraction of sp³-hybridized carbons (Fsp3) is 0.583. The van der Waals surface area contributed by atoms with E-state index >= 15 is 0 Å². The summed E-state index contributed by atoms with van der Waals surface area (Å²) in [6.45, 7) is 4.07. The summed E-state index contributed by atoms with van der Waals surface area (Å²) < 4.78 is 0. The van der Waals surface area contributed by atoms with Gasteiger partial charge in [0, 0.05) is 11.9 Å². The van der Waals surface area contributed by atoms with Crippen molar-refractivity contribution in [2.24, 2.45) is 4.99 Å². The molecule has 0 bridgehead atoms. The van der Waals surface area contributed by atoms with Crippen LogP contribution in [0.25, 0.3) is 0 Å². The van der Waals surface area contributed by atoms with Crippen LogP contribution in [-0.4, -0.2) is 6.21 Å². The first-order valence-corrected chi connectivity index (χ1v) is 5.22. The molecule has 0 aromatic heterocycles. The molecule has 1 aliphatic rings. The predicted octanol–water partition coefficient (Wildman–Crippen LogP) is 3.87. The van der Waals surface area contributed by atoms with Gasteiger partial charge in [0.05, 0.1) is 0 Å². The van der Waals surface area contributed by atoms with E-state index in [9.17, 15) is 0 Å². The SMILES string of the molecule is C/C=C\C1=C(/N=C\C)CCCCC1. The van der Waals surface area contributed by atoms with Crippen molar-refractivity contribution in [1.82, 2.24) is 0 Å². The molecule has 0 spiro atoms. The number of allylic oxidation sites excluding steroid dienone is 4. The van der Waals surface area contributed by atoms with E-state index in [0.29, 0.717) is 0 Å². The number of aliphatic imine (C=N–C) groups is 1. The van der Waals surface area contributed by atoms with Gasteiger partial charge in [0.2, 0.25) is 0 Å². The van der Waals surface area contributed by atoms with E-state index < -0.39 is 0 Å². The molecule has 0 unspecified atom stereocenters. The molecule has 0 aromatic rings. The Hall–Kier alpha value is -0.850. The Morgan fingerprint density at radius 1 is 1.08 bits per heavy atom. The lowest BCUT2D eigenvalue weighted by Crippen LogP contribution is -1.84. The lowest BCUT2D eigenvalue weighted by Gasteiger charge is -2.02. The Morgan fingerprint density at radius 3 is 2.54 bits per heavy atom. The summed E-state index contributed by atoms with van der Waals surface area (Å²) in [7, 11) is 0. The van der Waals surface area contributed by atoms with E-state index in [1.165, 1.54) is 37.0 Å². The summed E-state index contributed by atoms with van der Waals surface area (Å²) in [6.07, 6.45) is 12.6. The molecule has 0 heterocycles. The third kappa shape index (κ3) is 3.17. The van der Waals surface area contributed by atoms with Crippen molar-refractivity contribution in [3.05, 3.63) is 23.4 Å². The second-order valence-electron chi connectivity index (χ2n) is 3.42. The monoisotopic (exact) mass is 177 g/mol. The minimum atomic E-state index is 1.16. The number of hydrogen-bond acceptors (Lipinski definition) is 1. The zero-order valence-electron chi connectivity index (χ0n) is 8.71. The summed E-state index contributed by atoms with van der Waals surface area (Å²) in [6, 6.07) is 0. The average molecular weight is 177 g/mol. The van der Waals surface area contributed by atoms with E-state index in [0.717, 1.165) is 6.42 Å². The highest BCUT2D eigenvalue weighted by molar-refractivity contribution is 5.56. The van der Waals surface area contributed by atoms with E-state index in [-0.39, 0.29) is 0 Å². The zero-order chi connectivity index (χ0) is 9.52. The Labute approximate surface area is 81.3 Å². The third-order valence-electron chi connectivity index (χ3n) is 2.38. The summed E-state index contributed by atoms with van der Waals surface area (Å²) in [5, 5.41) is 0. The maximum absolute atomic E-state index is 4.45. The Kier molecular flexibility index (Phi) is 4.52. The fourth-order valence-electron chi connectivity index (χ4n) is 1.77. The van der Waals surface area contributed by atoms with Crippen LogP contribution in [0.2, 0.25) is 0 Å². The molecule has 1 nitrogen and oxygen atoms in total. The molecular weight excluding hydrogens is 158 g/mol. The molecule has 13 heavy (non-hydrogen) atoms. The van der Waals surface area contributed by atoms with E-state index in [1.807, 2.05) is 13.1 Å². The van der Waals surface area contributed by atoms with Gasteiger partial charge in [0.25, 0.3) is 0 Å². The van der Waals surface area contributed by atoms with Gasteiger partial charge in [-0.15, -0.1) is 0 Å². The standard InChI is InChI=1S/C12H19N/c1-3-8-11-9-6-5-7-10-12(11)13-4-2/h3-4,8H,5-7,9-10H2,1-2H3/b8-3-,13-4-. The Balaban J connectivity index is 2.84. The minimum Gasteiger partial charge on any atom is -0.266 e. The highest BCUT2D eigenvalue weighted by Crippen LogP contribution is 2.25. The highest BCUT2D eigenvalue weighted by Gasteiger charge is 2.07. The topological polar surface area (TPSA) is 12.4 Å². The van der Waals surface area contributed by atoms with Crippen molar-refractivity contribution >= 4 is 6.21 Å². The highest BCUT2D eigenvalue weighted by atomic mass is 14.7. The lowest BCUT2D eigenvalue weighted by molar-refractivity contribution is 0.707. The van der Waals surface area contributed by atoms with Crippen molar-refractivity contribution in [1.29, 1.82) is 0 Å². The van der Waals surface area contributed by atoms with Gasteiger partial charge in [0.15, 0.2) is 0 Å². The maximum Gasteiger partial charge on any atom is 0.0431 e. The van der Waals surface area contributed by atoms with Crippen molar-refractivity contribution in [3.8, 4) is 0 Å². The summed E-state index contributed by atoms with van der Waals surface area (Å²) in [5.74, 6) is 0. The molecule has 72 valence electrons. The van der Waals surface area contributed by atoms with Crippen molar-refractivity contribution in [2.75, 3.05) is 0 Å². The second-order valence-corrected chi connectivity index (χ2v) is 3.42. The van der Waals surface area contributed by atoms with Crippen LogP contribution in [0.5, 0.6) is 0 Å². The molecule has 0 saturated heterocycles. The van der Waals surface area contributed by atoms with Crippen LogP contribution < -0.4 is 0 Å².